The van der Waals surface area contributed by atoms with E-state index in [1.807, 2.05) is 30.3 Å². The van der Waals surface area contributed by atoms with Crippen molar-refractivity contribution in [2.45, 2.75) is 12.6 Å². The van der Waals surface area contributed by atoms with Gasteiger partial charge in [0, 0.05) is 29.9 Å². The van der Waals surface area contributed by atoms with Crippen molar-refractivity contribution in [2.24, 2.45) is 0 Å². The summed E-state index contributed by atoms with van der Waals surface area (Å²) in [6.45, 7) is 0.336. The molecule has 29 heavy (non-hydrogen) atoms. The maximum Gasteiger partial charge on any atom is 0.269 e. The van der Waals surface area contributed by atoms with Crippen LogP contribution in [0.2, 0.25) is 0 Å². The average molecular weight is 387 g/mol. The molecule has 0 unspecified atom stereocenters. The molecule has 1 aliphatic heterocycles. The molecule has 4 rings (SSSR count). The predicted molar refractivity (Wildman–Crippen MR) is 107 cm³/mol. The first kappa shape index (κ1) is 18.4. The SMILES string of the molecule is O=C(Nc1ccc([N+](=O)[O-])cc1)[C@@H](c1ccccc1)N1Cc2ccccc2C1=O. The van der Waals surface area contributed by atoms with Gasteiger partial charge in [0.05, 0.1) is 4.92 Å². The Balaban J connectivity index is 1.64. The van der Waals surface area contributed by atoms with Crippen molar-refractivity contribution in [3.05, 3.63) is 106 Å². The second-order valence-electron chi connectivity index (χ2n) is 6.70. The minimum Gasteiger partial charge on any atom is -0.324 e. The van der Waals surface area contributed by atoms with E-state index >= 15 is 0 Å². The van der Waals surface area contributed by atoms with Crippen molar-refractivity contribution in [3.63, 3.8) is 0 Å². The number of nitro groups is 1. The van der Waals surface area contributed by atoms with Gasteiger partial charge in [-0.2, -0.15) is 0 Å². The number of hydrogen-bond acceptors (Lipinski definition) is 4. The number of non-ortho nitro benzene ring substituents is 1. The average Bonchev–Trinajstić information content (AvgIpc) is 3.06. The van der Waals surface area contributed by atoms with E-state index in [0.29, 0.717) is 23.4 Å². The number of hydrogen-bond donors (Lipinski definition) is 1. The van der Waals surface area contributed by atoms with Crippen molar-refractivity contribution in [1.29, 1.82) is 0 Å². The molecule has 2 amide bonds. The van der Waals surface area contributed by atoms with Gasteiger partial charge in [-0.25, -0.2) is 0 Å². The van der Waals surface area contributed by atoms with E-state index in [-0.39, 0.29) is 17.5 Å². The molecule has 0 aliphatic carbocycles. The van der Waals surface area contributed by atoms with Crippen LogP contribution >= 0.6 is 0 Å². The Labute approximate surface area is 166 Å². The minimum absolute atomic E-state index is 0.0622. The predicted octanol–water partition coefficient (Wildman–Crippen LogP) is 3.93. The number of nitro benzene ring substituents is 1. The fourth-order valence-electron chi connectivity index (χ4n) is 3.47. The maximum absolute atomic E-state index is 13.2. The van der Waals surface area contributed by atoms with Crippen LogP contribution in [0.4, 0.5) is 11.4 Å². The lowest BCUT2D eigenvalue weighted by Crippen LogP contribution is -2.37. The third kappa shape index (κ3) is 3.58. The molecule has 0 spiro atoms. The number of amides is 2. The third-order valence-corrected chi connectivity index (χ3v) is 4.87. The zero-order valence-corrected chi connectivity index (χ0v) is 15.3. The minimum atomic E-state index is -0.828. The van der Waals surface area contributed by atoms with Crippen LogP contribution in [0.5, 0.6) is 0 Å². The summed E-state index contributed by atoms with van der Waals surface area (Å²) in [4.78, 5) is 38.0. The van der Waals surface area contributed by atoms with Crippen LogP contribution in [-0.4, -0.2) is 21.6 Å². The summed E-state index contributed by atoms with van der Waals surface area (Å²) in [6, 6.07) is 21.1. The topological polar surface area (TPSA) is 92.5 Å². The zero-order valence-electron chi connectivity index (χ0n) is 15.3. The van der Waals surface area contributed by atoms with E-state index < -0.39 is 11.0 Å². The van der Waals surface area contributed by atoms with Crippen molar-refractivity contribution in [2.75, 3.05) is 5.32 Å². The van der Waals surface area contributed by atoms with Gasteiger partial charge in [-0.05, 0) is 29.3 Å². The fraction of sp³-hybridized carbons (Fsp3) is 0.0909. The van der Waals surface area contributed by atoms with Gasteiger partial charge in [0.1, 0.15) is 6.04 Å². The first-order valence-electron chi connectivity index (χ1n) is 9.04. The molecule has 0 bridgehead atoms. The molecule has 3 aromatic carbocycles. The van der Waals surface area contributed by atoms with Crippen molar-refractivity contribution in [1.82, 2.24) is 4.90 Å². The number of carbonyl (C=O) groups is 2. The quantitative estimate of drug-likeness (QED) is 0.530. The molecule has 1 heterocycles. The van der Waals surface area contributed by atoms with Gasteiger partial charge >= 0.3 is 0 Å². The highest BCUT2D eigenvalue weighted by molar-refractivity contribution is 6.04. The Bertz CT molecular complexity index is 1080. The van der Waals surface area contributed by atoms with Gasteiger partial charge in [0.25, 0.3) is 17.5 Å². The summed E-state index contributed by atoms with van der Waals surface area (Å²) in [5.74, 6) is -0.584. The van der Waals surface area contributed by atoms with E-state index in [4.69, 9.17) is 0 Å². The molecule has 7 heteroatoms. The number of benzene rings is 3. The Morgan fingerprint density at radius 3 is 2.28 bits per heavy atom. The first-order chi connectivity index (χ1) is 14.0. The van der Waals surface area contributed by atoms with Gasteiger partial charge in [0.2, 0.25) is 0 Å². The number of nitrogens with one attached hydrogen (secondary N) is 1. The van der Waals surface area contributed by atoms with E-state index in [2.05, 4.69) is 5.32 Å². The summed E-state index contributed by atoms with van der Waals surface area (Å²) in [5.41, 5.74) is 2.52. The van der Waals surface area contributed by atoms with E-state index in [1.165, 1.54) is 24.3 Å². The number of anilines is 1. The zero-order chi connectivity index (χ0) is 20.4. The molecule has 3 aromatic rings. The highest BCUT2D eigenvalue weighted by atomic mass is 16.6. The third-order valence-electron chi connectivity index (χ3n) is 4.87. The van der Waals surface area contributed by atoms with Gasteiger partial charge in [-0.15, -0.1) is 0 Å². The highest BCUT2D eigenvalue weighted by Gasteiger charge is 2.37. The second kappa shape index (κ2) is 7.55. The fourth-order valence-corrected chi connectivity index (χ4v) is 3.47. The normalized spacial score (nSPS) is 13.7. The number of rotatable bonds is 5. The van der Waals surface area contributed by atoms with Gasteiger partial charge in [-0.1, -0.05) is 48.5 Å². The van der Waals surface area contributed by atoms with Gasteiger partial charge in [0.15, 0.2) is 0 Å². The molecule has 0 fully saturated rings. The Morgan fingerprint density at radius 2 is 1.62 bits per heavy atom. The van der Waals surface area contributed by atoms with Crippen LogP contribution in [0, 0.1) is 10.1 Å². The Morgan fingerprint density at radius 1 is 0.966 bits per heavy atom. The number of carbonyl (C=O) groups excluding carboxylic acids is 2. The van der Waals surface area contributed by atoms with Crippen LogP contribution in [0.15, 0.2) is 78.9 Å². The summed E-state index contributed by atoms with van der Waals surface area (Å²) in [7, 11) is 0. The molecule has 1 aliphatic rings. The molecule has 0 radical (unpaired) electrons. The van der Waals surface area contributed by atoms with Crippen LogP contribution < -0.4 is 5.32 Å². The van der Waals surface area contributed by atoms with E-state index in [9.17, 15) is 19.7 Å². The standard InChI is InChI=1S/C22H17N3O4/c26-21(23-17-10-12-18(13-11-17)25(28)29)20(15-6-2-1-3-7-15)24-14-16-8-4-5-9-19(16)22(24)27/h1-13,20H,14H2,(H,23,26)/t20-/m1/s1. The first-order valence-corrected chi connectivity index (χ1v) is 9.04. The van der Waals surface area contributed by atoms with Crippen LogP contribution in [0.1, 0.15) is 27.5 Å². The Hall–Kier alpha value is -4.00. The second-order valence-corrected chi connectivity index (χ2v) is 6.70. The van der Waals surface area contributed by atoms with Crippen LogP contribution in [0.25, 0.3) is 0 Å². The molecular formula is C22H17N3O4. The molecule has 0 saturated carbocycles. The van der Waals surface area contributed by atoms with E-state index in [1.54, 1.807) is 29.2 Å². The number of nitrogens with zero attached hydrogens (tertiary/aromatic N) is 2. The summed E-state index contributed by atoms with van der Waals surface area (Å²) in [5, 5.41) is 13.6. The maximum atomic E-state index is 13.2. The molecule has 0 aromatic heterocycles. The summed E-state index contributed by atoms with van der Waals surface area (Å²) >= 11 is 0. The van der Waals surface area contributed by atoms with E-state index in [0.717, 1.165) is 5.56 Å². The lowest BCUT2D eigenvalue weighted by molar-refractivity contribution is -0.384. The molecule has 1 atom stereocenters. The molecule has 1 N–H and O–H groups in total. The largest absolute Gasteiger partial charge is 0.324 e. The lowest BCUT2D eigenvalue weighted by atomic mass is 10.0. The molecule has 144 valence electrons. The number of fused-ring (bicyclic) bond motifs is 1. The highest BCUT2D eigenvalue weighted by Crippen LogP contribution is 2.32. The van der Waals surface area contributed by atoms with Crippen LogP contribution in [0.3, 0.4) is 0 Å². The van der Waals surface area contributed by atoms with Crippen LogP contribution in [-0.2, 0) is 11.3 Å². The van der Waals surface area contributed by atoms with Gasteiger partial charge in [-0.3, -0.25) is 19.7 Å². The monoisotopic (exact) mass is 387 g/mol. The summed E-state index contributed by atoms with van der Waals surface area (Å²) < 4.78 is 0. The molecule has 7 nitrogen and oxygen atoms in total. The smallest absolute Gasteiger partial charge is 0.269 e. The lowest BCUT2D eigenvalue weighted by Gasteiger charge is -2.27. The Kier molecular flexibility index (Phi) is 4.78. The molecule has 0 saturated heterocycles. The van der Waals surface area contributed by atoms with Crippen molar-refractivity contribution >= 4 is 23.2 Å². The van der Waals surface area contributed by atoms with Crippen molar-refractivity contribution in [3.8, 4) is 0 Å². The van der Waals surface area contributed by atoms with Crippen molar-refractivity contribution < 1.29 is 14.5 Å². The summed E-state index contributed by atoms with van der Waals surface area (Å²) in [6.07, 6.45) is 0. The van der Waals surface area contributed by atoms with Gasteiger partial charge < -0.3 is 10.2 Å². The molecular weight excluding hydrogens is 370 g/mol.